The molecule has 124 valence electrons. The molecule has 0 saturated carbocycles. The molecule has 1 atom stereocenters. The van der Waals surface area contributed by atoms with Gasteiger partial charge in [-0.1, -0.05) is 54.2 Å². The molecule has 1 aromatic carbocycles. The summed E-state index contributed by atoms with van der Waals surface area (Å²) in [4.78, 5) is 4.35. The first-order valence-electron chi connectivity index (χ1n) is 8.21. The number of nitrogens with zero attached hydrogens (tertiary/aromatic N) is 1. The van der Waals surface area contributed by atoms with Crippen LogP contribution in [0.5, 0.6) is 0 Å². The minimum Gasteiger partial charge on any atom is -0.387 e. The number of amidine groups is 1. The number of fused-ring (bicyclic) bond motifs is 1. The summed E-state index contributed by atoms with van der Waals surface area (Å²) in [6.07, 6.45) is 13.9. The van der Waals surface area contributed by atoms with Gasteiger partial charge >= 0.3 is 0 Å². The highest BCUT2D eigenvalue weighted by Gasteiger charge is 2.06. The quantitative estimate of drug-likeness (QED) is 0.485. The number of allylic oxidation sites excluding steroid dienone is 5. The third kappa shape index (κ3) is 5.20. The zero-order chi connectivity index (χ0) is 17.4. The molecule has 3 heteroatoms. The molecule has 1 aromatic heterocycles. The maximum Gasteiger partial charge on any atom is 0.0978 e. The summed E-state index contributed by atoms with van der Waals surface area (Å²) < 4.78 is 0. The summed E-state index contributed by atoms with van der Waals surface area (Å²) in [5.41, 5.74) is 9.05. The number of rotatable bonds is 3. The smallest absolute Gasteiger partial charge is 0.0978 e. The van der Waals surface area contributed by atoms with Gasteiger partial charge in [0.25, 0.3) is 0 Å². The maximum atomic E-state index is 7.08. The third-order valence-electron chi connectivity index (χ3n) is 3.85. The molecule has 1 unspecified atom stereocenters. The minimum atomic E-state index is 0.148. The molecule has 0 saturated heterocycles. The number of pyridine rings is 1. The summed E-state index contributed by atoms with van der Waals surface area (Å²) in [6.45, 7) is 4.26. The van der Waals surface area contributed by atoms with Gasteiger partial charge in [-0.15, -0.1) is 0 Å². The van der Waals surface area contributed by atoms with Crippen molar-refractivity contribution in [1.82, 2.24) is 4.98 Å². The van der Waals surface area contributed by atoms with Crippen LogP contribution in [0.4, 0.5) is 0 Å². The van der Waals surface area contributed by atoms with Crippen LogP contribution in [0.25, 0.3) is 10.9 Å². The first kappa shape index (κ1) is 17.7. The summed E-state index contributed by atoms with van der Waals surface area (Å²) in [7, 11) is 0. The van der Waals surface area contributed by atoms with E-state index < -0.39 is 0 Å². The average Bonchev–Trinajstić information content (AvgIpc) is 2.61. The molecule has 0 radical (unpaired) electrons. The monoisotopic (exact) mass is 319 g/mol. The van der Waals surface area contributed by atoms with Crippen molar-refractivity contribution >= 4 is 16.7 Å². The summed E-state index contributed by atoms with van der Waals surface area (Å²) in [5.74, 6) is 0.408. The van der Waals surface area contributed by atoms with E-state index in [4.69, 9.17) is 11.1 Å². The topological polar surface area (TPSA) is 62.8 Å². The number of benzene rings is 1. The van der Waals surface area contributed by atoms with E-state index >= 15 is 0 Å². The SMILES string of the molecule is CC(C)=CCc1ccnc2ccccc12.N=C(N)C1C=CC=CC1. The zero-order valence-electron chi connectivity index (χ0n) is 14.4. The Morgan fingerprint density at radius 3 is 2.67 bits per heavy atom. The lowest BCUT2D eigenvalue weighted by Gasteiger charge is -2.09. The number of nitrogens with two attached hydrogens (primary N) is 1. The third-order valence-corrected chi connectivity index (χ3v) is 3.85. The van der Waals surface area contributed by atoms with E-state index in [9.17, 15) is 0 Å². The maximum absolute atomic E-state index is 7.08. The Hall–Kier alpha value is -2.68. The molecule has 1 aliphatic carbocycles. The van der Waals surface area contributed by atoms with E-state index in [2.05, 4.69) is 49.2 Å². The largest absolute Gasteiger partial charge is 0.387 e. The first-order chi connectivity index (χ1) is 11.6. The predicted molar refractivity (Wildman–Crippen MR) is 103 cm³/mol. The Kier molecular flexibility index (Phi) is 6.50. The molecule has 3 nitrogen and oxygen atoms in total. The second-order valence-electron chi connectivity index (χ2n) is 6.08. The molecule has 0 bridgehead atoms. The van der Waals surface area contributed by atoms with E-state index in [1.165, 1.54) is 16.5 Å². The van der Waals surface area contributed by atoms with Crippen molar-refractivity contribution in [3.05, 3.63) is 78.0 Å². The van der Waals surface area contributed by atoms with Crippen molar-refractivity contribution in [2.75, 3.05) is 0 Å². The lowest BCUT2D eigenvalue weighted by molar-refractivity contribution is 0.852. The van der Waals surface area contributed by atoms with Crippen LogP contribution in [0.2, 0.25) is 0 Å². The average molecular weight is 319 g/mol. The molecule has 2 aromatic rings. The van der Waals surface area contributed by atoms with Gasteiger partial charge < -0.3 is 5.73 Å². The molecule has 1 aliphatic rings. The van der Waals surface area contributed by atoms with Gasteiger partial charge in [0, 0.05) is 17.5 Å². The first-order valence-corrected chi connectivity index (χ1v) is 8.21. The Morgan fingerprint density at radius 2 is 2.04 bits per heavy atom. The molecule has 0 spiro atoms. The van der Waals surface area contributed by atoms with Crippen LogP contribution in [-0.2, 0) is 6.42 Å². The van der Waals surface area contributed by atoms with Crippen molar-refractivity contribution in [3.8, 4) is 0 Å². The molecule has 0 fully saturated rings. The van der Waals surface area contributed by atoms with Crippen molar-refractivity contribution in [1.29, 1.82) is 5.41 Å². The van der Waals surface area contributed by atoms with E-state index in [1.54, 1.807) is 0 Å². The highest BCUT2D eigenvalue weighted by molar-refractivity contribution is 5.82. The second-order valence-corrected chi connectivity index (χ2v) is 6.08. The molecule has 24 heavy (non-hydrogen) atoms. The predicted octanol–water partition coefficient (Wildman–Crippen LogP) is 4.80. The van der Waals surface area contributed by atoms with Gasteiger partial charge in [0.15, 0.2) is 0 Å². The van der Waals surface area contributed by atoms with Crippen LogP contribution >= 0.6 is 0 Å². The molecular formula is C21H25N3. The van der Waals surface area contributed by atoms with Crippen LogP contribution in [0.1, 0.15) is 25.8 Å². The van der Waals surface area contributed by atoms with Gasteiger partial charge in [0.2, 0.25) is 0 Å². The molecule has 3 N–H and O–H groups in total. The molecule has 3 rings (SSSR count). The fourth-order valence-corrected chi connectivity index (χ4v) is 2.46. The normalized spacial score (nSPS) is 15.5. The number of para-hydroxylation sites is 1. The Balaban J connectivity index is 0.000000198. The van der Waals surface area contributed by atoms with Crippen LogP contribution in [0.3, 0.4) is 0 Å². The molecule has 0 aliphatic heterocycles. The van der Waals surface area contributed by atoms with E-state index in [1.807, 2.05) is 36.6 Å². The highest BCUT2D eigenvalue weighted by Crippen LogP contribution is 2.17. The Labute approximate surface area is 144 Å². The second kappa shape index (κ2) is 8.82. The highest BCUT2D eigenvalue weighted by atomic mass is 14.7. The fourth-order valence-electron chi connectivity index (χ4n) is 2.46. The summed E-state index contributed by atoms with van der Waals surface area (Å²) in [6, 6.07) is 10.4. The molecule has 1 heterocycles. The Morgan fingerprint density at radius 1 is 1.25 bits per heavy atom. The number of hydrogen-bond donors (Lipinski definition) is 2. The zero-order valence-corrected chi connectivity index (χ0v) is 14.4. The van der Waals surface area contributed by atoms with Gasteiger partial charge in [-0.2, -0.15) is 0 Å². The van der Waals surface area contributed by atoms with Crippen molar-refractivity contribution in [2.45, 2.75) is 26.7 Å². The minimum absolute atomic E-state index is 0.148. The van der Waals surface area contributed by atoms with Crippen molar-refractivity contribution < 1.29 is 0 Å². The van der Waals surface area contributed by atoms with Crippen LogP contribution in [0, 0.1) is 11.3 Å². The van der Waals surface area contributed by atoms with Crippen LogP contribution in [-0.4, -0.2) is 10.8 Å². The standard InChI is InChI=1S/C14H15N.C7H10N2/c1-11(2)7-8-12-9-10-15-14-6-4-3-5-13(12)14;8-7(9)6-4-2-1-3-5-6/h3-7,9-10H,8H2,1-2H3;1-4,6H,5H2,(H3,8,9). The number of nitrogens with one attached hydrogen (secondary N) is 1. The van der Waals surface area contributed by atoms with Crippen LogP contribution in [0.15, 0.2) is 72.5 Å². The van der Waals surface area contributed by atoms with E-state index in [0.29, 0.717) is 0 Å². The summed E-state index contributed by atoms with van der Waals surface area (Å²) >= 11 is 0. The van der Waals surface area contributed by atoms with E-state index in [0.717, 1.165) is 18.4 Å². The van der Waals surface area contributed by atoms with Crippen LogP contribution < -0.4 is 5.73 Å². The lowest BCUT2D eigenvalue weighted by Crippen LogP contribution is -2.20. The number of hydrogen-bond acceptors (Lipinski definition) is 2. The molecule has 0 amide bonds. The van der Waals surface area contributed by atoms with Gasteiger partial charge in [-0.3, -0.25) is 10.4 Å². The van der Waals surface area contributed by atoms with E-state index in [-0.39, 0.29) is 11.8 Å². The number of aromatic nitrogens is 1. The summed E-state index contributed by atoms with van der Waals surface area (Å²) in [5, 5.41) is 8.34. The Bertz CT molecular complexity index is 775. The van der Waals surface area contributed by atoms with Gasteiger partial charge in [-0.25, -0.2) is 0 Å². The van der Waals surface area contributed by atoms with Gasteiger partial charge in [0.1, 0.15) is 0 Å². The van der Waals surface area contributed by atoms with Gasteiger partial charge in [-0.05, 0) is 44.4 Å². The fraction of sp³-hybridized carbons (Fsp3) is 0.238. The van der Waals surface area contributed by atoms with Crippen molar-refractivity contribution in [3.63, 3.8) is 0 Å². The lowest BCUT2D eigenvalue weighted by atomic mass is 10.0. The molecular weight excluding hydrogens is 294 g/mol. The van der Waals surface area contributed by atoms with Crippen molar-refractivity contribution in [2.24, 2.45) is 11.7 Å². The van der Waals surface area contributed by atoms with Gasteiger partial charge in [0.05, 0.1) is 11.4 Å².